The molecule has 4 heteroatoms. The molecule has 0 radical (unpaired) electrons. The molecule has 1 N–H and O–H groups in total. The minimum absolute atomic E-state index is 0.244. The van der Waals surface area contributed by atoms with E-state index in [1.165, 1.54) is 0 Å². The Morgan fingerprint density at radius 1 is 1.36 bits per heavy atom. The summed E-state index contributed by atoms with van der Waals surface area (Å²) in [5.41, 5.74) is -0.415. The second kappa shape index (κ2) is 3.12. The SMILES string of the molecule is CC(C)(C)OC(=O)N[C@@H]1C[C@@H]2O[C@@H]2C1. The fraction of sp³-hybridized carbons (Fsp3) is 0.900. The summed E-state index contributed by atoms with van der Waals surface area (Å²) in [5.74, 6) is 0. The van der Waals surface area contributed by atoms with Gasteiger partial charge in [-0.15, -0.1) is 0 Å². The summed E-state index contributed by atoms with van der Waals surface area (Å²) in [5, 5.41) is 2.86. The number of ether oxygens (including phenoxy) is 2. The molecule has 1 heterocycles. The molecule has 3 atom stereocenters. The first-order chi connectivity index (χ1) is 6.44. The summed E-state index contributed by atoms with van der Waals surface area (Å²) in [7, 11) is 0. The Kier molecular flexibility index (Phi) is 2.18. The summed E-state index contributed by atoms with van der Waals surface area (Å²) in [6.45, 7) is 5.59. The van der Waals surface area contributed by atoms with Crippen LogP contribution in [0.1, 0.15) is 33.6 Å². The molecule has 0 aromatic carbocycles. The van der Waals surface area contributed by atoms with Crippen molar-refractivity contribution in [2.24, 2.45) is 0 Å². The van der Waals surface area contributed by atoms with Gasteiger partial charge in [0.05, 0.1) is 12.2 Å². The van der Waals surface area contributed by atoms with E-state index in [0.29, 0.717) is 12.2 Å². The van der Waals surface area contributed by atoms with Crippen LogP contribution >= 0.6 is 0 Å². The number of fused-ring (bicyclic) bond motifs is 1. The van der Waals surface area contributed by atoms with Crippen LogP contribution in [-0.4, -0.2) is 29.9 Å². The number of hydrogen-bond donors (Lipinski definition) is 1. The molecule has 80 valence electrons. The summed E-state index contributed by atoms with van der Waals surface area (Å²) < 4.78 is 10.4. The van der Waals surface area contributed by atoms with Gasteiger partial charge >= 0.3 is 6.09 Å². The molecular weight excluding hydrogens is 182 g/mol. The zero-order valence-electron chi connectivity index (χ0n) is 8.87. The number of amides is 1. The van der Waals surface area contributed by atoms with Gasteiger partial charge in [0.15, 0.2) is 0 Å². The summed E-state index contributed by atoms with van der Waals surface area (Å²) in [6, 6.07) is 0.244. The van der Waals surface area contributed by atoms with Gasteiger partial charge in [0.25, 0.3) is 0 Å². The first kappa shape index (κ1) is 9.77. The molecule has 0 unspecified atom stereocenters. The lowest BCUT2D eigenvalue weighted by molar-refractivity contribution is 0.0496. The number of rotatable bonds is 1. The van der Waals surface area contributed by atoms with Crippen molar-refractivity contribution < 1.29 is 14.3 Å². The van der Waals surface area contributed by atoms with Gasteiger partial charge in [-0.2, -0.15) is 0 Å². The topological polar surface area (TPSA) is 50.9 Å². The van der Waals surface area contributed by atoms with E-state index in [1.54, 1.807) is 0 Å². The van der Waals surface area contributed by atoms with E-state index in [-0.39, 0.29) is 12.1 Å². The molecule has 1 aliphatic carbocycles. The van der Waals surface area contributed by atoms with Crippen LogP contribution in [0.5, 0.6) is 0 Å². The first-order valence-electron chi connectivity index (χ1n) is 5.09. The molecule has 0 aromatic rings. The smallest absolute Gasteiger partial charge is 0.407 e. The number of hydrogen-bond acceptors (Lipinski definition) is 3. The molecular formula is C10H17NO3. The Labute approximate surface area is 84.0 Å². The largest absolute Gasteiger partial charge is 0.444 e. The molecule has 2 fully saturated rings. The average Bonchev–Trinajstić information content (AvgIpc) is 2.54. The lowest BCUT2D eigenvalue weighted by Crippen LogP contribution is -2.38. The van der Waals surface area contributed by atoms with Gasteiger partial charge in [-0.25, -0.2) is 4.79 Å². The number of alkyl carbamates (subject to hydrolysis) is 1. The third-order valence-electron chi connectivity index (χ3n) is 2.44. The zero-order chi connectivity index (χ0) is 10.3. The maximum atomic E-state index is 11.4. The number of carbonyl (C=O) groups is 1. The van der Waals surface area contributed by atoms with Crippen LogP contribution in [0.25, 0.3) is 0 Å². The molecule has 1 amide bonds. The molecule has 2 aliphatic rings. The highest BCUT2D eigenvalue weighted by molar-refractivity contribution is 5.68. The van der Waals surface area contributed by atoms with Crippen molar-refractivity contribution in [2.75, 3.05) is 0 Å². The first-order valence-corrected chi connectivity index (χ1v) is 5.09. The Morgan fingerprint density at radius 2 is 1.93 bits per heavy atom. The standard InChI is InChI=1S/C10H17NO3/c1-10(2,3)14-9(12)11-6-4-7-8(5-6)13-7/h6-8H,4-5H2,1-3H3,(H,11,12)/t6-,7+,8-. The molecule has 2 rings (SSSR count). The third-order valence-corrected chi connectivity index (χ3v) is 2.44. The van der Waals surface area contributed by atoms with E-state index in [1.807, 2.05) is 20.8 Å². The van der Waals surface area contributed by atoms with E-state index >= 15 is 0 Å². The van der Waals surface area contributed by atoms with Gasteiger partial charge in [-0.3, -0.25) is 0 Å². The van der Waals surface area contributed by atoms with E-state index in [4.69, 9.17) is 9.47 Å². The Morgan fingerprint density at radius 3 is 2.43 bits per heavy atom. The van der Waals surface area contributed by atoms with Crippen molar-refractivity contribution in [2.45, 2.75) is 57.5 Å². The highest BCUT2D eigenvalue weighted by atomic mass is 16.6. The molecule has 1 saturated heterocycles. The Hall–Kier alpha value is -0.770. The fourth-order valence-electron chi connectivity index (χ4n) is 1.84. The van der Waals surface area contributed by atoms with Gasteiger partial charge in [-0.1, -0.05) is 0 Å². The second-order valence-corrected chi connectivity index (χ2v) is 5.03. The maximum absolute atomic E-state index is 11.4. The van der Waals surface area contributed by atoms with Gasteiger partial charge in [0.2, 0.25) is 0 Å². The summed E-state index contributed by atoms with van der Waals surface area (Å²) in [4.78, 5) is 11.4. The van der Waals surface area contributed by atoms with E-state index in [2.05, 4.69) is 5.32 Å². The normalized spacial score (nSPS) is 34.9. The summed E-state index contributed by atoms with van der Waals surface area (Å²) >= 11 is 0. The van der Waals surface area contributed by atoms with Gasteiger partial charge in [-0.05, 0) is 33.6 Å². The van der Waals surface area contributed by atoms with E-state index in [0.717, 1.165) is 12.8 Å². The minimum Gasteiger partial charge on any atom is -0.444 e. The van der Waals surface area contributed by atoms with Crippen LogP contribution in [0.2, 0.25) is 0 Å². The zero-order valence-corrected chi connectivity index (χ0v) is 8.87. The molecule has 4 nitrogen and oxygen atoms in total. The van der Waals surface area contributed by atoms with Crippen LogP contribution in [0.4, 0.5) is 4.79 Å². The van der Waals surface area contributed by atoms with Crippen LogP contribution < -0.4 is 5.32 Å². The van der Waals surface area contributed by atoms with Crippen molar-refractivity contribution in [1.29, 1.82) is 0 Å². The lowest BCUT2D eigenvalue weighted by atomic mass is 10.2. The van der Waals surface area contributed by atoms with Crippen molar-refractivity contribution in [3.63, 3.8) is 0 Å². The van der Waals surface area contributed by atoms with Crippen molar-refractivity contribution in [3.8, 4) is 0 Å². The van der Waals surface area contributed by atoms with Gasteiger partial charge < -0.3 is 14.8 Å². The second-order valence-electron chi connectivity index (χ2n) is 5.03. The Bertz CT molecular complexity index is 236. The molecule has 0 spiro atoms. The lowest BCUT2D eigenvalue weighted by Gasteiger charge is -2.22. The molecule has 0 bridgehead atoms. The average molecular weight is 199 g/mol. The van der Waals surface area contributed by atoms with Crippen LogP contribution in [0.15, 0.2) is 0 Å². The van der Waals surface area contributed by atoms with Crippen molar-refractivity contribution in [1.82, 2.24) is 5.32 Å². The molecule has 0 aromatic heterocycles. The number of nitrogens with one attached hydrogen (secondary N) is 1. The van der Waals surface area contributed by atoms with Gasteiger partial charge in [0.1, 0.15) is 5.60 Å². The van der Waals surface area contributed by atoms with Crippen LogP contribution in [0, 0.1) is 0 Å². The van der Waals surface area contributed by atoms with E-state index < -0.39 is 5.60 Å². The molecule has 14 heavy (non-hydrogen) atoms. The number of epoxide rings is 1. The molecule has 1 saturated carbocycles. The highest BCUT2D eigenvalue weighted by Gasteiger charge is 2.48. The predicted octanol–water partition coefficient (Wildman–Crippen LogP) is 1.44. The number of carbonyl (C=O) groups excluding carboxylic acids is 1. The highest BCUT2D eigenvalue weighted by Crippen LogP contribution is 2.38. The van der Waals surface area contributed by atoms with Gasteiger partial charge in [0, 0.05) is 6.04 Å². The maximum Gasteiger partial charge on any atom is 0.407 e. The minimum atomic E-state index is -0.415. The quantitative estimate of drug-likeness (QED) is 0.650. The monoisotopic (exact) mass is 199 g/mol. The van der Waals surface area contributed by atoms with Crippen molar-refractivity contribution >= 4 is 6.09 Å². The molecule has 1 aliphatic heterocycles. The van der Waals surface area contributed by atoms with Crippen molar-refractivity contribution in [3.05, 3.63) is 0 Å². The van der Waals surface area contributed by atoms with Crippen LogP contribution in [-0.2, 0) is 9.47 Å². The third kappa shape index (κ3) is 2.38. The summed E-state index contributed by atoms with van der Waals surface area (Å²) in [6.07, 6.45) is 2.35. The Balaban J connectivity index is 1.72. The predicted molar refractivity (Wildman–Crippen MR) is 51.1 cm³/mol. The van der Waals surface area contributed by atoms with Crippen LogP contribution in [0.3, 0.4) is 0 Å². The van der Waals surface area contributed by atoms with E-state index in [9.17, 15) is 4.79 Å². The fourth-order valence-corrected chi connectivity index (χ4v) is 1.84.